The topological polar surface area (TPSA) is 51.1 Å². The van der Waals surface area contributed by atoms with Crippen molar-refractivity contribution in [3.8, 4) is 5.69 Å². The van der Waals surface area contributed by atoms with E-state index in [1.165, 1.54) is 5.56 Å². The van der Waals surface area contributed by atoms with E-state index >= 15 is 0 Å². The molecule has 0 bridgehead atoms. The van der Waals surface area contributed by atoms with Gasteiger partial charge in [0, 0.05) is 45.1 Å². The van der Waals surface area contributed by atoms with Gasteiger partial charge in [0.1, 0.15) is 5.56 Å². The standard InChI is InChI=1S/C24H23ClN2O2S2/c1-14-10-20(28)23(24(29)26-17-4-2-3-5-17)19-12-21(15-8-9-30-13-15)31-22-11-16(25)6-7-18(22)27(14)19/h6-11,13,17,21H,2-5,12H2,1H3,(H,26,29). The van der Waals surface area contributed by atoms with E-state index in [1.807, 2.05) is 25.1 Å². The highest BCUT2D eigenvalue weighted by Gasteiger charge is 2.30. The van der Waals surface area contributed by atoms with Gasteiger partial charge in [-0.1, -0.05) is 24.4 Å². The van der Waals surface area contributed by atoms with Crippen molar-refractivity contribution in [2.45, 2.75) is 55.2 Å². The maximum atomic E-state index is 13.3. The number of nitrogens with zero attached hydrogens (tertiary/aromatic N) is 1. The summed E-state index contributed by atoms with van der Waals surface area (Å²) in [6.45, 7) is 1.93. The molecule has 0 saturated heterocycles. The summed E-state index contributed by atoms with van der Waals surface area (Å²) in [6.07, 6.45) is 4.81. The van der Waals surface area contributed by atoms with Gasteiger partial charge in [0.2, 0.25) is 0 Å². The first-order valence-corrected chi connectivity index (χ1v) is 12.8. The predicted octanol–water partition coefficient (Wildman–Crippen LogP) is 5.92. The number of halogens is 1. The molecule has 2 aromatic heterocycles. The van der Waals surface area contributed by atoms with Crippen LogP contribution in [0.1, 0.15) is 58.2 Å². The number of aromatic nitrogens is 1. The minimum Gasteiger partial charge on any atom is -0.349 e. The van der Waals surface area contributed by atoms with E-state index in [9.17, 15) is 9.59 Å². The summed E-state index contributed by atoms with van der Waals surface area (Å²) in [6, 6.07) is 9.69. The van der Waals surface area contributed by atoms with Crippen molar-refractivity contribution in [2.24, 2.45) is 0 Å². The normalized spacial score (nSPS) is 18.3. The Balaban J connectivity index is 1.70. The number of pyridine rings is 1. The van der Waals surface area contributed by atoms with E-state index in [-0.39, 0.29) is 28.2 Å². The zero-order chi connectivity index (χ0) is 21.5. The van der Waals surface area contributed by atoms with Crippen molar-refractivity contribution in [1.29, 1.82) is 0 Å². The van der Waals surface area contributed by atoms with Crippen molar-refractivity contribution in [2.75, 3.05) is 0 Å². The summed E-state index contributed by atoms with van der Waals surface area (Å²) in [5.41, 5.74) is 3.85. The van der Waals surface area contributed by atoms with Gasteiger partial charge in [0.05, 0.1) is 5.69 Å². The molecule has 3 heterocycles. The summed E-state index contributed by atoms with van der Waals surface area (Å²) in [4.78, 5) is 27.5. The van der Waals surface area contributed by atoms with E-state index in [0.29, 0.717) is 11.4 Å². The SMILES string of the molecule is Cc1cc(=O)c(C(=O)NC2CCCC2)c2n1-c1ccc(Cl)cc1SC(c1ccsc1)C2. The van der Waals surface area contributed by atoms with Crippen LogP contribution in [0.5, 0.6) is 0 Å². The van der Waals surface area contributed by atoms with Crippen LogP contribution in [-0.4, -0.2) is 16.5 Å². The molecule has 1 amide bonds. The molecule has 1 aliphatic heterocycles. The Bertz CT molecular complexity index is 1200. The van der Waals surface area contributed by atoms with Gasteiger partial charge in [0.25, 0.3) is 5.91 Å². The fraction of sp³-hybridized carbons (Fsp3) is 0.333. The summed E-state index contributed by atoms with van der Waals surface area (Å²) in [5.74, 6) is -0.243. The van der Waals surface area contributed by atoms with Gasteiger partial charge in [-0.2, -0.15) is 11.3 Å². The average molecular weight is 471 g/mol. The maximum absolute atomic E-state index is 13.3. The molecule has 7 heteroatoms. The first-order valence-electron chi connectivity index (χ1n) is 10.6. The molecule has 1 aliphatic carbocycles. The van der Waals surface area contributed by atoms with Gasteiger partial charge in [-0.15, -0.1) is 11.8 Å². The van der Waals surface area contributed by atoms with Crippen molar-refractivity contribution < 1.29 is 4.79 Å². The first-order chi connectivity index (χ1) is 15.0. The van der Waals surface area contributed by atoms with Gasteiger partial charge in [-0.25, -0.2) is 0 Å². The van der Waals surface area contributed by atoms with Gasteiger partial charge in [-0.05, 0) is 60.4 Å². The molecule has 1 fully saturated rings. The number of thioether (sulfide) groups is 1. The van der Waals surface area contributed by atoms with Crippen molar-refractivity contribution in [3.05, 3.63) is 78.9 Å². The van der Waals surface area contributed by atoms with Crippen LogP contribution in [0, 0.1) is 6.92 Å². The third-order valence-electron chi connectivity index (χ3n) is 6.14. The number of rotatable bonds is 3. The Morgan fingerprint density at radius 3 is 2.74 bits per heavy atom. The number of aryl methyl sites for hydroxylation is 1. The van der Waals surface area contributed by atoms with E-state index in [1.54, 1.807) is 29.2 Å². The lowest BCUT2D eigenvalue weighted by Gasteiger charge is -2.21. The number of carbonyl (C=O) groups is 1. The molecule has 1 N–H and O–H groups in total. The molecule has 160 valence electrons. The van der Waals surface area contributed by atoms with Crippen LogP contribution in [-0.2, 0) is 6.42 Å². The van der Waals surface area contributed by atoms with Crippen LogP contribution in [0.15, 0.2) is 50.8 Å². The number of nitrogens with one attached hydrogen (secondary N) is 1. The van der Waals surface area contributed by atoms with Gasteiger partial charge in [0.15, 0.2) is 5.43 Å². The van der Waals surface area contributed by atoms with Crippen molar-refractivity contribution in [1.82, 2.24) is 9.88 Å². The molecular weight excluding hydrogens is 448 g/mol. The average Bonchev–Trinajstić information content (AvgIpc) is 3.40. The largest absolute Gasteiger partial charge is 0.349 e. The molecule has 1 aromatic carbocycles. The minimum atomic E-state index is -0.243. The fourth-order valence-electron chi connectivity index (χ4n) is 4.67. The molecule has 4 nitrogen and oxygen atoms in total. The molecule has 5 rings (SSSR count). The number of amides is 1. The minimum absolute atomic E-state index is 0.0939. The second-order valence-electron chi connectivity index (χ2n) is 8.24. The molecule has 0 spiro atoms. The highest BCUT2D eigenvalue weighted by Crippen LogP contribution is 2.45. The smallest absolute Gasteiger partial charge is 0.257 e. The molecule has 2 aliphatic rings. The number of hydrogen-bond acceptors (Lipinski definition) is 4. The Morgan fingerprint density at radius 1 is 1.19 bits per heavy atom. The van der Waals surface area contributed by atoms with Gasteiger partial charge < -0.3 is 9.88 Å². The van der Waals surface area contributed by atoms with Crippen LogP contribution >= 0.6 is 34.7 Å². The lowest BCUT2D eigenvalue weighted by Crippen LogP contribution is -2.37. The number of thiophene rings is 1. The summed E-state index contributed by atoms with van der Waals surface area (Å²) < 4.78 is 2.08. The summed E-state index contributed by atoms with van der Waals surface area (Å²) >= 11 is 9.74. The monoisotopic (exact) mass is 470 g/mol. The zero-order valence-corrected chi connectivity index (χ0v) is 19.6. The van der Waals surface area contributed by atoms with Crippen molar-refractivity contribution in [3.63, 3.8) is 0 Å². The number of hydrogen-bond donors (Lipinski definition) is 1. The third-order valence-corrected chi connectivity index (χ3v) is 8.38. The summed E-state index contributed by atoms with van der Waals surface area (Å²) in [7, 11) is 0. The lowest BCUT2D eigenvalue weighted by molar-refractivity contribution is 0.0935. The van der Waals surface area contributed by atoms with Crippen LogP contribution in [0.2, 0.25) is 5.02 Å². The van der Waals surface area contributed by atoms with E-state index in [0.717, 1.165) is 47.7 Å². The molecule has 31 heavy (non-hydrogen) atoms. The van der Waals surface area contributed by atoms with Crippen LogP contribution in [0.3, 0.4) is 0 Å². The second kappa shape index (κ2) is 8.49. The first kappa shape index (κ1) is 20.9. The number of carbonyl (C=O) groups excluding carboxylic acids is 1. The highest BCUT2D eigenvalue weighted by molar-refractivity contribution is 7.99. The summed E-state index contributed by atoms with van der Waals surface area (Å²) in [5, 5.41) is 8.11. The Labute approximate surface area is 194 Å². The molecule has 1 atom stereocenters. The van der Waals surface area contributed by atoms with Crippen LogP contribution in [0.4, 0.5) is 0 Å². The molecule has 1 unspecified atom stereocenters. The Morgan fingerprint density at radius 2 is 2.00 bits per heavy atom. The quantitative estimate of drug-likeness (QED) is 0.516. The molecule has 0 radical (unpaired) electrons. The number of benzene rings is 1. The fourth-order valence-corrected chi connectivity index (χ4v) is 7.02. The Hall–Kier alpha value is -2.02. The van der Waals surface area contributed by atoms with Gasteiger partial charge >= 0.3 is 0 Å². The van der Waals surface area contributed by atoms with Gasteiger partial charge in [-0.3, -0.25) is 9.59 Å². The van der Waals surface area contributed by atoms with E-state index in [2.05, 4.69) is 26.7 Å². The van der Waals surface area contributed by atoms with Crippen molar-refractivity contribution >= 4 is 40.6 Å². The highest BCUT2D eigenvalue weighted by atomic mass is 35.5. The lowest BCUT2D eigenvalue weighted by atomic mass is 10.0. The number of fused-ring (bicyclic) bond motifs is 3. The van der Waals surface area contributed by atoms with E-state index in [4.69, 9.17) is 11.6 Å². The molecule has 3 aromatic rings. The van der Waals surface area contributed by atoms with Crippen LogP contribution < -0.4 is 10.7 Å². The zero-order valence-electron chi connectivity index (χ0n) is 17.2. The maximum Gasteiger partial charge on any atom is 0.257 e. The van der Waals surface area contributed by atoms with Crippen LogP contribution in [0.25, 0.3) is 5.69 Å². The van der Waals surface area contributed by atoms with E-state index < -0.39 is 0 Å². The second-order valence-corrected chi connectivity index (χ2v) is 10.7. The molecular formula is C24H23ClN2O2S2. The predicted molar refractivity (Wildman–Crippen MR) is 128 cm³/mol. The third kappa shape index (κ3) is 3.97. The molecule has 1 saturated carbocycles. The Kier molecular flexibility index (Phi) is 5.71.